The summed E-state index contributed by atoms with van der Waals surface area (Å²) in [5.41, 5.74) is 6.71. The topological polar surface area (TPSA) is 20.3 Å². The zero-order valence-electron chi connectivity index (χ0n) is 22.7. The van der Waals surface area contributed by atoms with Crippen LogP contribution >= 0.6 is 0 Å². The molecule has 0 aliphatic heterocycles. The third-order valence-electron chi connectivity index (χ3n) is 7.14. The monoisotopic (exact) mass is 485 g/mol. The molecule has 2 heteroatoms. The van der Waals surface area contributed by atoms with Gasteiger partial charge >= 0.3 is 0 Å². The van der Waals surface area contributed by atoms with E-state index in [1.807, 2.05) is 18.2 Å². The Morgan fingerprint density at radius 3 is 1.57 bits per heavy atom. The van der Waals surface area contributed by atoms with Crippen LogP contribution in [0.1, 0.15) is 63.0 Å². The number of anilines is 3. The highest BCUT2D eigenvalue weighted by molar-refractivity contribution is 5.94. The van der Waals surface area contributed by atoms with E-state index in [0.29, 0.717) is 5.56 Å². The van der Waals surface area contributed by atoms with E-state index in [2.05, 4.69) is 125 Å². The molecule has 0 N–H and O–H groups in total. The highest BCUT2D eigenvalue weighted by atomic mass is 16.1. The average molecular weight is 486 g/mol. The van der Waals surface area contributed by atoms with Gasteiger partial charge in [-0.25, -0.2) is 0 Å². The first-order valence-corrected chi connectivity index (χ1v) is 13.0. The smallest absolute Gasteiger partial charge is 0.150 e. The van der Waals surface area contributed by atoms with Gasteiger partial charge in [0, 0.05) is 22.6 Å². The lowest BCUT2D eigenvalue weighted by Gasteiger charge is -2.31. The number of hydrogen-bond acceptors (Lipinski definition) is 2. The fraction of sp³-hybridized carbons (Fsp3) is 0.229. The standard InChI is InChI=1S/C35H35NO/c1-34(2,3)29-20-30(35(4,5)6)22-33(21-29)36(31-15-13-25-9-7-8-10-26(25)18-31)32-16-14-27-17-24(23-37)11-12-28(27)19-32/h7-23H,1-6H3. The summed E-state index contributed by atoms with van der Waals surface area (Å²) in [5, 5.41) is 4.61. The molecule has 0 radical (unpaired) electrons. The Morgan fingerprint density at radius 2 is 1.00 bits per heavy atom. The summed E-state index contributed by atoms with van der Waals surface area (Å²) in [6.45, 7) is 13.7. The second-order valence-corrected chi connectivity index (χ2v) is 12.0. The van der Waals surface area contributed by atoms with Crippen molar-refractivity contribution in [3.05, 3.63) is 114 Å². The van der Waals surface area contributed by atoms with Crippen molar-refractivity contribution in [3.8, 4) is 0 Å². The molecule has 5 aromatic carbocycles. The summed E-state index contributed by atoms with van der Waals surface area (Å²) in [6, 6.07) is 34.6. The fourth-order valence-corrected chi connectivity index (χ4v) is 4.83. The molecule has 186 valence electrons. The molecule has 0 fully saturated rings. The van der Waals surface area contributed by atoms with Crippen molar-refractivity contribution in [1.29, 1.82) is 0 Å². The molecule has 0 heterocycles. The second-order valence-electron chi connectivity index (χ2n) is 12.0. The zero-order valence-corrected chi connectivity index (χ0v) is 22.7. The van der Waals surface area contributed by atoms with E-state index in [4.69, 9.17) is 0 Å². The van der Waals surface area contributed by atoms with Gasteiger partial charge in [-0.15, -0.1) is 0 Å². The van der Waals surface area contributed by atoms with Gasteiger partial charge in [0.15, 0.2) is 0 Å². The number of nitrogens with zero attached hydrogens (tertiary/aromatic N) is 1. The average Bonchev–Trinajstić information content (AvgIpc) is 2.87. The van der Waals surface area contributed by atoms with Crippen LogP contribution in [0, 0.1) is 0 Å². The maximum absolute atomic E-state index is 11.3. The van der Waals surface area contributed by atoms with Crippen LogP contribution in [0.3, 0.4) is 0 Å². The SMILES string of the molecule is CC(C)(C)c1cc(N(c2ccc3ccccc3c2)c2ccc3cc(C=O)ccc3c2)cc(C(C)(C)C)c1. The van der Waals surface area contributed by atoms with Crippen molar-refractivity contribution in [3.63, 3.8) is 0 Å². The Hall–Kier alpha value is -3.91. The highest BCUT2D eigenvalue weighted by Gasteiger charge is 2.23. The summed E-state index contributed by atoms with van der Waals surface area (Å²) in [5.74, 6) is 0. The first-order valence-electron chi connectivity index (χ1n) is 13.0. The number of rotatable bonds is 4. The molecular weight excluding hydrogens is 450 g/mol. The summed E-state index contributed by atoms with van der Waals surface area (Å²) in [7, 11) is 0. The summed E-state index contributed by atoms with van der Waals surface area (Å²) >= 11 is 0. The predicted octanol–water partition coefficient (Wildman–Crippen LogP) is 9.87. The van der Waals surface area contributed by atoms with Crippen LogP contribution in [0.4, 0.5) is 17.1 Å². The van der Waals surface area contributed by atoms with Gasteiger partial charge < -0.3 is 4.90 Å². The molecule has 5 rings (SSSR count). The lowest BCUT2D eigenvalue weighted by atomic mass is 9.80. The molecule has 0 saturated heterocycles. The molecule has 0 aliphatic rings. The van der Waals surface area contributed by atoms with Crippen LogP contribution in [0.2, 0.25) is 0 Å². The van der Waals surface area contributed by atoms with E-state index < -0.39 is 0 Å². The van der Waals surface area contributed by atoms with E-state index in [9.17, 15) is 4.79 Å². The lowest BCUT2D eigenvalue weighted by Crippen LogP contribution is -2.19. The summed E-state index contributed by atoms with van der Waals surface area (Å²) in [6.07, 6.45) is 0.904. The number of benzene rings is 5. The largest absolute Gasteiger partial charge is 0.310 e. The second kappa shape index (κ2) is 9.19. The Morgan fingerprint density at radius 1 is 0.514 bits per heavy atom. The lowest BCUT2D eigenvalue weighted by molar-refractivity contribution is 0.112. The van der Waals surface area contributed by atoms with E-state index in [1.165, 1.54) is 21.9 Å². The number of carbonyl (C=O) groups is 1. The van der Waals surface area contributed by atoms with Crippen LogP contribution in [0.25, 0.3) is 21.5 Å². The van der Waals surface area contributed by atoms with Crippen molar-refractivity contribution in [2.75, 3.05) is 4.90 Å². The summed E-state index contributed by atoms with van der Waals surface area (Å²) in [4.78, 5) is 13.7. The van der Waals surface area contributed by atoms with E-state index in [1.54, 1.807) is 0 Å². The number of aldehydes is 1. The third kappa shape index (κ3) is 5.02. The van der Waals surface area contributed by atoms with Crippen LogP contribution in [-0.2, 0) is 10.8 Å². The normalized spacial score (nSPS) is 12.2. The van der Waals surface area contributed by atoms with E-state index in [0.717, 1.165) is 34.1 Å². The van der Waals surface area contributed by atoms with E-state index >= 15 is 0 Å². The molecule has 2 nitrogen and oxygen atoms in total. The Kier molecular flexibility index (Phi) is 6.15. The molecule has 0 spiro atoms. The number of carbonyl (C=O) groups excluding carboxylic acids is 1. The van der Waals surface area contributed by atoms with Gasteiger partial charge in [0.1, 0.15) is 6.29 Å². The van der Waals surface area contributed by atoms with Gasteiger partial charge in [0.2, 0.25) is 0 Å². The molecule has 5 aromatic rings. The molecule has 0 atom stereocenters. The minimum Gasteiger partial charge on any atom is -0.310 e. The van der Waals surface area contributed by atoms with Crippen molar-refractivity contribution < 1.29 is 4.79 Å². The van der Waals surface area contributed by atoms with Crippen LogP contribution in [0.5, 0.6) is 0 Å². The third-order valence-corrected chi connectivity index (χ3v) is 7.14. The first-order chi connectivity index (χ1) is 17.5. The maximum Gasteiger partial charge on any atom is 0.150 e. The van der Waals surface area contributed by atoms with Gasteiger partial charge in [0.25, 0.3) is 0 Å². The minimum atomic E-state index is 0.0136. The Labute approximate surface area is 220 Å². The number of fused-ring (bicyclic) bond motifs is 2. The minimum absolute atomic E-state index is 0.0136. The quantitative estimate of drug-likeness (QED) is 0.236. The molecule has 0 aromatic heterocycles. The van der Waals surface area contributed by atoms with Crippen molar-refractivity contribution >= 4 is 44.9 Å². The predicted molar refractivity (Wildman–Crippen MR) is 159 cm³/mol. The fourth-order valence-electron chi connectivity index (χ4n) is 4.83. The van der Waals surface area contributed by atoms with Gasteiger partial charge in [-0.05, 0) is 86.0 Å². The first kappa shape index (κ1) is 24.8. The van der Waals surface area contributed by atoms with Crippen molar-refractivity contribution in [2.24, 2.45) is 0 Å². The van der Waals surface area contributed by atoms with Gasteiger partial charge in [-0.3, -0.25) is 4.79 Å². The van der Waals surface area contributed by atoms with E-state index in [-0.39, 0.29) is 10.8 Å². The van der Waals surface area contributed by atoms with Crippen molar-refractivity contribution in [1.82, 2.24) is 0 Å². The number of hydrogen-bond donors (Lipinski definition) is 0. The zero-order chi connectivity index (χ0) is 26.4. The maximum atomic E-state index is 11.3. The van der Waals surface area contributed by atoms with Crippen LogP contribution in [-0.4, -0.2) is 6.29 Å². The molecule has 0 aliphatic carbocycles. The highest BCUT2D eigenvalue weighted by Crippen LogP contribution is 2.41. The molecule has 0 unspecified atom stereocenters. The van der Waals surface area contributed by atoms with Crippen LogP contribution in [0.15, 0.2) is 97.1 Å². The Bertz CT molecular complexity index is 1580. The molecule has 0 amide bonds. The van der Waals surface area contributed by atoms with Gasteiger partial charge in [0.05, 0.1) is 0 Å². The summed E-state index contributed by atoms with van der Waals surface area (Å²) < 4.78 is 0. The van der Waals surface area contributed by atoms with Crippen molar-refractivity contribution in [2.45, 2.75) is 52.4 Å². The van der Waals surface area contributed by atoms with Gasteiger partial charge in [-0.1, -0.05) is 96.1 Å². The van der Waals surface area contributed by atoms with Crippen LogP contribution < -0.4 is 4.90 Å². The van der Waals surface area contributed by atoms with Gasteiger partial charge in [-0.2, -0.15) is 0 Å². The molecule has 37 heavy (non-hydrogen) atoms. The molecule has 0 saturated carbocycles. The Balaban J connectivity index is 1.78. The molecular formula is C35H35NO. The molecule has 0 bridgehead atoms.